The minimum Gasteiger partial charge on any atom is -0.395 e. The van der Waals surface area contributed by atoms with Crippen LogP contribution in [0.3, 0.4) is 0 Å². The van der Waals surface area contributed by atoms with E-state index in [1.165, 1.54) is 24.2 Å². The van der Waals surface area contributed by atoms with Crippen LogP contribution in [0, 0.1) is 17.8 Å². The molecular formula is C16H19NO2S. The van der Waals surface area contributed by atoms with E-state index < -0.39 is 0 Å². The summed E-state index contributed by atoms with van der Waals surface area (Å²) >= 11 is 1.51. The Kier molecular flexibility index (Phi) is 4.09. The molecule has 0 spiro atoms. The summed E-state index contributed by atoms with van der Waals surface area (Å²) in [4.78, 5) is 15.6. The lowest BCUT2D eigenvalue weighted by molar-refractivity contribution is 0.0735. The average Bonchev–Trinajstić information content (AvgIpc) is 3.35. The third-order valence-electron chi connectivity index (χ3n) is 3.70. The Morgan fingerprint density at radius 2 is 2.20 bits per heavy atom. The van der Waals surface area contributed by atoms with Crippen molar-refractivity contribution in [3.8, 4) is 11.8 Å². The van der Waals surface area contributed by atoms with E-state index in [-0.39, 0.29) is 12.5 Å². The van der Waals surface area contributed by atoms with Crippen LogP contribution in [-0.2, 0) is 0 Å². The summed E-state index contributed by atoms with van der Waals surface area (Å²) in [5.41, 5.74) is 0.774. The lowest BCUT2D eigenvalue weighted by atomic mass is 10.2. The highest BCUT2D eigenvalue weighted by Crippen LogP contribution is 2.35. The van der Waals surface area contributed by atoms with Gasteiger partial charge in [0.25, 0.3) is 5.91 Å². The van der Waals surface area contributed by atoms with Gasteiger partial charge in [-0.3, -0.25) is 4.79 Å². The number of aliphatic hydroxyl groups is 1. The van der Waals surface area contributed by atoms with Crippen LogP contribution in [-0.4, -0.2) is 35.1 Å². The molecular weight excluding hydrogens is 270 g/mol. The molecule has 0 aromatic carbocycles. The van der Waals surface area contributed by atoms with Crippen molar-refractivity contribution in [2.75, 3.05) is 13.2 Å². The van der Waals surface area contributed by atoms with Gasteiger partial charge in [-0.25, -0.2) is 0 Å². The maximum absolute atomic E-state index is 12.6. The van der Waals surface area contributed by atoms with Crippen molar-refractivity contribution in [3.63, 3.8) is 0 Å². The Hall–Kier alpha value is -1.31. The normalized spacial score (nSPS) is 17.4. The summed E-state index contributed by atoms with van der Waals surface area (Å²) in [6.07, 6.45) is 5.35. The van der Waals surface area contributed by atoms with Crippen LogP contribution in [0.5, 0.6) is 0 Å². The molecule has 2 saturated carbocycles. The monoisotopic (exact) mass is 289 g/mol. The average molecular weight is 289 g/mol. The van der Waals surface area contributed by atoms with Crippen molar-refractivity contribution in [2.24, 2.45) is 5.92 Å². The van der Waals surface area contributed by atoms with Gasteiger partial charge < -0.3 is 10.0 Å². The predicted molar refractivity (Wildman–Crippen MR) is 79.7 cm³/mol. The zero-order valence-electron chi connectivity index (χ0n) is 11.5. The van der Waals surface area contributed by atoms with E-state index in [0.717, 1.165) is 35.7 Å². The summed E-state index contributed by atoms with van der Waals surface area (Å²) < 4.78 is 0. The largest absolute Gasteiger partial charge is 0.395 e. The van der Waals surface area contributed by atoms with Gasteiger partial charge in [-0.2, -0.15) is 0 Å². The van der Waals surface area contributed by atoms with Gasteiger partial charge in [-0.05, 0) is 37.7 Å². The first-order chi connectivity index (χ1) is 9.78. The van der Waals surface area contributed by atoms with Crippen LogP contribution in [0.1, 0.15) is 47.3 Å². The molecule has 106 valence electrons. The summed E-state index contributed by atoms with van der Waals surface area (Å²) in [5.74, 6) is 6.80. The second-order valence-electron chi connectivity index (χ2n) is 5.61. The number of thiophene rings is 1. The molecule has 2 fully saturated rings. The Bertz CT molecular complexity index is 546. The van der Waals surface area contributed by atoms with E-state index in [4.69, 9.17) is 5.11 Å². The third kappa shape index (κ3) is 3.41. The van der Waals surface area contributed by atoms with Crippen LogP contribution < -0.4 is 0 Å². The molecule has 0 atom stereocenters. The first-order valence-corrected chi connectivity index (χ1v) is 8.15. The highest BCUT2D eigenvalue weighted by Gasteiger charge is 2.36. The van der Waals surface area contributed by atoms with Gasteiger partial charge in [0.1, 0.15) is 0 Å². The number of hydrogen-bond donors (Lipinski definition) is 1. The molecule has 4 heteroatoms. The second kappa shape index (κ2) is 5.99. The van der Waals surface area contributed by atoms with Crippen LogP contribution in [0.25, 0.3) is 0 Å². The van der Waals surface area contributed by atoms with Crippen molar-refractivity contribution < 1.29 is 9.90 Å². The van der Waals surface area contributed by atoms with Gasteiger partial charge >= 0.3 is 0 Å². The Morgan fingerprint density at radius 1 is 1.40 bits per heavy atom. The molecule has 2 aliphatic rings. The molecule has 2 aliphatic carbocycles. The number of aliphatic hydroxyl groups excluding tert-OH is 1. The third-order valence-corrected chi connectivity index (χ3v) is 4.54. The van der Waals surface area contributed by atoms with Gasteiger partial charge in [0.05, 0.1) is 17.0 Å². The minimum atomic E-state index is 0.0843. The quantitative estimate of drug-likeness (QED) is 0.846. The van der Waals surface area contributed by atoms with Crippen LogP contribution in [0.4, 0.5) is 0 Å². The number of rotatable bonds is 5. The van der Waals surface area contributed by atoms with Crippen LogP contribution in [0.2, 0.25) is 0 Å². The molecule has 20 heavy (non-hydrogen) atoms. The molecule has 1 N–H and O–H groups in total. The lowest BCUT2D eigenvalue weighted by Gasteiger charge is -2.21. The first-order valence-electron chi connectivity index (χ1n) is 7.27. The van der Waals surface area contributed by atoms with Crippen molar-refractivity contribution in [1.29, 1.82) is 0 Å². The fourth-order valence-electron chi connectivity index (χ4n) is 2.25. The fraction of sp³-hybridized carbons (Fsp3) is 0.562. The molecule has 0 radical (unpaired) electrons. The van der Waals surface area contributed by atoms with Gasteiger partial charge in [-0.1, -0.05) is 11.8 Å². The Labute approximate surface area is 123 Å². The van der Waals surface area contributed by atoms with Crippen molar-refractivity contribution in [1.82, 2.24) is 4.90 Å². The molecule has 1 amide bonds. The lowest BCUT2D eigenvalue weighted by Crippen LogP contribution is -2.34. The zero-order chi connectivity index (χ0) is 13.9. The summed E-state index contributed by atoms with van der Waals surface area (Å²) in [5, 5.41) is 10.6. The van der Waals surface area contributed by atoms with E-state index in [2.05, 4.69) is 16.7 Å². The van der Waals surface area contributed by atoms with E-state index >= 15 is 0 Å². The first kappa shape index (κ1) is 13.7. The molecule has 0 saturated heterocycles. The van der Waals surface area contributed by atoms with Crippen molar-refractivity contribution >= 4 is 17.2 Å². The second-order valence-corrected chi connectivity index (χ2v) is 6.52. The van der Waals surface area contributed by atoms with Crippen LogP contribution >= 0.6 is 11.3 Å². The smallest absolute Gasteiger partial charge is 0.255 e. The molecule has 1 aromatic heterocycles. The number of carbonyl (C=O) groups excluding carboxylic acids is 1. The maximum Gasteiger partial charge on any atom is 0.255 e. The maximum atomic E-state index is 12.6. The summed E-state index contributed by atoms with van der Waals surface area (Å²) in [7, 11) is 0. The molecule has 1 aromatic rings. The fourth-order valence-corrected chi connectivity index (χ4v) is 3.00. The van der Waals surface area contributed by atoms with Gasteiger partial charge in [0.15, 0.2) is 0 Å². The van der Waals surface area contributed by atoms with Crippen LogP contribution in [0.15, 0.2) is 11.4 Å². The van der Waals surface area contributed by atoms with E-state index in [1.807, 2.05) is 11.4 Å². The predicted octanol–water partition coefficient (Wildman–Crippen LogP) is 2.50. The Balaban J connectivity index is 1.67. The highest BCUT2D eigenvalue weighted by molar-refractivity contribution is 7.10. The van der Waals surface area contributed by atoms with E-state index in [1.54, 1.807) is 0 Å². The molecule has 3 nitrogen and oxygen atoms in total. The molecule has 3 rings (SSSR count). The summed E-state index contributed by atoms with van der Waals surface area (Å²) in [6, 6.07) is 2.37. The number of hydrogen-bond acceptors (Lipinski definition) is 3. The van der Waals surface area contributed by atoms with Gasteiger partial charge in [0.2, 0.25) is 0 Å². The minimum absolute atomic E-state index is 0.0843. The standard InChI is InChI=1S/C16H19NO2S/c18-8-2-1-3-15-9-13(11-20-15)16(19)17(14-6-7-14)10-12-4-5-12/h9,11-12,14,18H,2,4-8,10H2. The highest BCUT2D eigenvalue weighted by atomic mass is 32.1. The number of amides is 1. The van der Waals surface area contributed by atoms with Gasteiger partial charge in [0, 0.05) is 24.4 Å². The number of carbonyl (C=O) groups is 1. The van der Waals surface area contributed by atoms with Crippen molar-refractivity contribution in [3.05, 3.63) is 21.9 Å². The molecule has 0 aliphatic heterocycles. The van der Waals surface area contributed by atoms with Crippen molar-refractivity contribution in [2.45, 2.75) is 38.1 Å². The molecule has 0 bridgehead atoms. The zero-order valence-corrected chi connectivity index (χ0v) is 12.3. The molecule has 0 unspecified atom stereocenters. The SMILES string of the molecule is O=C(c1csc(C#CCCO)c1)N(CC1CC1)C1CC1. The Morgan fingerprint density at radius 3 is 2.85 bits per heavy atom. The molecule has 1 heterocycles. The van der Waals surface area contributed by atoms with E-state index in [9.17, 15) is 4.79 Å². The van der Waals surface area contributed by atoms with Gasteiger partial charge in [-0.15, -0.1) is 11.3 Å². The topological polar surface area (TPSA) is 40.5 Å². The summed E-state index contributed by atoms with van der Waals surface area (Å²) in [6.45, 7) is 1.02. The number of nitrogens with zero attached hydrogens (tertiary/aromatic N) is 1. The van der Waals surface area contributed by atoms with E-state index in [0.29, 0.717) is 12.5 Å².